The van der Waals surface area contributed by atoms with Crippen molar-refractivity contribution in [2.45, 2.75) is 18.8 Å². The minimum Gasteiger partial charge on any atom is -0.369 e. The van der Waals surface area contributed by atoms with Crippen LogP contribution in [0.2, 0.25) is 0 Å². The van der Waals surface area contributed by atoms with Gasteiger partial charge in [-0.3, -0.25) is 4.79 Å². The number of hydrogen-bond acceptors (Lipinski definition) is 4. The van der Waals surface area contributed by atoms with E-state index in [9.17, 15) is 9.59 Å². The number of carbonyl (C=O) groups is 2. The maximum Gasteiger partial charge on any atom is 0.227 e. The van der Waals surface area contributed by atoms with E-state index in [0.29, 0.717) is 12.8 Å². The van der Waals surface area contributed by atoms with E-state index in [1.54, 1.807) is 7.05 Å². The Kier molecular flexibility index (Phi) is 5.75. The number of anilines is 1. The monoisotopic (exact) mass is 289 g/mol. The Balaban J connectivity index is 2.10. The molecule has 1 fully saturated rings. The molecule has 1 heterocycles. The SMILES string of the molecule is CNC(=O)C(CCC=O)c1ccc(N2CCNCC2)cc1. The molecule has 21 heavy (non-hydrogen) atoms. The van der Waals surface area contributed by atoms with E-state index in [-0.39, 0.29) is 11.8 Å². The number of rotatable bonds is 6. The summed E-state index contributed by atoms with van der Waals surface area (Å²) in [6.45, 7) is 4.01. The third-order valence-corrected chi connectivity index (χ3v) is 3.91. The summed E-state index contributed by atoms with van der Waals surface area (Å²) in [6.07, 6.45) is 1.82. The fraction of sp³-hybridized carbons (Fsp3) is 0.500. The van der Waals surface area contributed by atoms with Crippen molar-refractivity contribution in [1.29, 1.82) is 0 Å². The summed E-state index contributed by atoms with van der Waals surface area (Å²) in [5.74, 6) is -0.288. The minimum absolute atomic E-state index is 0.0354. The highest BCUT2D eigenvalue weighted by Crippen LogP contribution is 2.24. The molecule has 0 radical (unpaired) electrons. The van der Waals surface area contributed by atoms with Crippen molar-refractivity contribution in [3.63, 3.8) is 0 Å². The first-order chi connectivity index (χ1) is 10.3. The highest BCUT2D eigenvalue weighted by Gasteiger charge is 2.19. The van der Waals surface area contributed by atoms with Gasteiger partial charge in [-0.2, -0.15) is 0 Å². The topological polar surface area (TPSA) is 61.4 Å². The number of carbonyl (C=O) groups excluding carboxylic acids is 2. The standard InChI is InChI=1S/C16H23N3O2/c1-17-16(21)15(3-2-12-20)13-4-6-14(7-5-13)19-10-8-18-9-11-19/h4-7,12,15,18H,2-3,8-11H2,1H3,(H,17,21). The fourth-order valence-electron chi connectivity index (χ4n) is 2.70. The molecule has 0 bridgehead atoms. The first kappa shape index (κ1) is 15.5. The molecule has 2 rings (SSSR count). The lowest BCUT2D eigenvalue weighted by Gasteiger charge is -2.29. The van der Waals surface area contributed by atoms with Crippen LogP contribution in [-0.4, -0.2) is 45.4 Å². The van der Waals surface area contributed by atoms with Crippen molar-refractivity contribution in [3.05, 3.63) is 29.8 Å². The maximum atomic E-state index is 12.0. The van der Waals surface area contributed by atoms with Crippen molar-refractivity contribution >= 4 is 17.9 Å². The van der Waals surface area contributed by atoms with E-state index in [4.69, 9.17) is 0 Å². The molecular weight excluding hydrogens is 266 g/mol. The van der Waals surface area contributed by atoms with Crippen LogP contribution in [-0.2, 0) is 9.59 Å². The molecule has 0 saturated carbocycles. The van der Waals surface area contributed by atoms with Crippen LogP contribution in [0.1, 0.15) is 24.3 Å². The van der Waals surface area contributed by atoms with Gasteiger partial charge in [-0.1, -0.05) is 12.1 Å². The van der Waals surface area contributed by atoms with Gasteiger partial charge in [-0.25, -0.2) is 0 Å². The first-order valence-corrected chi connectivity index (χ1v) is 7.47. The Hall–Kier alpha value is -1.88. The van der Waals surface area contributed by atoms with Crippen LogP contribution < -0.4 is 15.5 Å². The molecule has 1 aromatic rings. The summed E-state index contributed by atoms with van der Waals surface area (Å²) in [4.78, 5) is 24.9. The summed E-state index contributed by atoms with van der Waals surface area (Å²) >= 11 is 0. The highest BCUT2D eigenvalue weighted by atomic mass is 16.1. The average molecular weight is 289 g/mol. The van der Waals surface area contributed by atoms with Gasteiger partial charge < -0.3 is 20.3 Å². The molecule has 1 saturated heterocycles. The smallest absolute Gasteiger partial charge is 0.227 e. The molecule has 0 aliphatic carbocycles. The molecular formula is C16H23N3O2. The molecule has 1 unspecified atom stereocenters. The molecule has 2 N–H and O–H groups in total. The predicted molar refractivity (Wildman–Crippen MR) is 83.6 cm³/mol. The second-order valence-corrected chi connectivity index (χ2v) is 5.24. The molecule has 5 nitrogen and oxygen atoms in total. The lowest BCUT2D eigenvalue weighted by molar-refractivity contribution is -0.122. The van der Waals surface area contributed by atoms with E-state index in [1.165, 1.54) is 5.69 Å². The lowest BCUT2D eigenvalue weighted by Crippen LogP contribution is -2.43. The van der Waals surface area contributed by atoms with Crippen molar-refractivity contribution in [1.82, 2.24) is 10.6 Å². The number of nitrogens with zero attached hydrogens (tertiary/aromatic N) is 1. The number of nitrogens with one attached hydrogen (secondary N) is 2. The number of aldehydes is 1. The highest BCUT2D eigenvalue weighted by molar-refractivity contribution is 5.83. The number of benzene rings is 1. The van der Waals surface area contributed by atoms with Gasteiger partial charge >= 0.3 is 0 Å². The van der Waals surface area contributed by atoms with Crippen LogP contribution in [0.4, 0.5) is 5.69 Å². The Morgan fingerprint density at radius 3 is 2.57 bits per heavy atom. The lowest BCUT2D eigenvalue weighted by atomic mass is 9.93. The summed E-state index contributed by atoms with van der Waals surface area (Å²) in [7, 11) is 1.63. The number of piperazine rings is 1. The molecule has 0 spiro atoms. The van der Waals surface area contributed by atoms with E-state index in [0.717, 1.165) is 38.0 Å². The van der Waals surface area contributed by atoms with Gasteiger partial charge in [0.25, 0.3) is 0 Å². The number of amides is 1. The fourth-order valence-corrected chi connectivity index (χ4v) is 2.70. The molecule has 0 aromatic heterocycles. The van der Waals surface area contributed by atoms with Gasteiger partial charge in [-0.05, 0) is 24.1 Å². The van der Waals surface area contributed by atoms with Crippen LogP contribution in [0.3, 0.4) is 0 Å². The Morgan fingerprint density at radius 1 is 1.33 bits per heavy atom. The van der Waals surface area contributed by atoms with E-state index >= 15 is 0 Å². The van der Waals surface area contributed by atoms with Crippen molar-refractivity contribution < 1.29 is 9.59 Å². The Bertz CT molecular complexity index is 467. The molecule has 1 aliphatic heterocycles. The van der Waals surface area contributed by atoms with E-state index < -0.39 is 0 Å². The zero-order valence-electron chi connectivity index (χ0n) is 12.5. The predicted octanol–water partition coefficient (Wildman–Crippen LogP) is 0.905. The van der Waals surface area contributed by atoms with Gasteiger partial charge in [-0.15, -0.1) is 0 Å². The zero-order valence-corrected chi connectivity index (χ0v) is 12.5. The van der Waals surface area contributed by atoms with Gasteiger partial charge in [0.2, 0.25) is 5.91 Å². The quantitative estimate of drug-likeness (QED) is 0.764. The molecule has 1 amide bonds. The summed E-state index contributed by atoms with van der Waals surface area (Å²) in [5.41, 5.74) is 2.15. The van der Waals surface area contributed by atoms with Crippen LogP contribution >= 0.6 is 0 Å². The third kappa shape index (κ3) is 4.04. The van der Waals surface area contributed by atoms with Crippen LogP contribution in [0.5, 0.6) is 0 Å². The maximum absolute atomic E-state index is 12.0. The van der Waals surface area contributed by atoms with Crippen molar-refractivity contribution in [2.24, 2.45) is 0 Å². The van der Waals surface area contributed by atoms with Crippen molar-refractivity contribution in [3.8, 4) is 0 Å². The van der Waals surface area contributed by atoms with Gasteiger partial charge in [0.05, 0.1) is 5.92 Å². The minimum atomic E-state index is -0.253. The molecule has 1 aromatic carbocycles. The zero-order chi connectivity index (χ0) is 15.1. The van der Waals surface area contributed by atoms with Crippen LogP contribution in [0, 0.1) is 0 Å². The summed E-state index contributed by atoms with van der Waals surface area (Å²) < 4.78 is 0. The number of likely N-dealkylation sites (N-methyl/N-ethyl adjacent to an activating group) is 1. The summed E-state index contributed by atoms with van der Waals surface area (Å²) in [6, 6.07) is 8.14. The normalized spacial score (nSPS) is 16.3. The largest absolute Gasteiger partial charge is 0.369 e. The second kappa shape index (κ2) is 7.78. The van der Waals surface area contributed by atoms with Crippen molar-refractivity contribution in [2.75, 3.05) is 38.1 Å². The molecule has 1 atom stereocenters. The van der Waals surface area contributed by atoms with Gasteiger partial charge in [0, 0.05) is 45.3 Å². The van der Waals surface area contributed by atoms with E-state index in [2.05, 4.69) is 27.7 Å². The number of hydrogen-bond donors (Lipinski definition) is 2. The van der Waals surface area contributed by atoms with Gasteiger partial charge in [0.15, 0.2) is 0 Å². The third-order valence-electron chi connectivity index (χ3n) is 3.91. The van der Waals surface area contributed by atoms with Gasteiger partial charge in [0.1, 0.15) is 6.29 Å². The molecule has 1 aliphatic rings. The van der Waals surface area contributed by atoms with E-state index in [1.807, 2.05) is 12.1 Å². The second-order valence-electron chi connectivity index (χ2n) is 5.24. The first-order valence-electron chi connectivity index (χ1n) is 7.47. The average Bonchev–Trinajstić information content (AvgIpc) is 2.56. The Morgan fingerprint density at radius 2 is 2.00 bits per heavy atom. The molecule has 5 heteroatoms. The Labute approximate surface area is 125 Å². The van der Waals surface area contributed by atoms with Crippen LogP contribution in [0.25, 0.3) is 0 Å². The van der Waals surface area contributed by atoms with Crippen LogP contribution in [0.15, 0.2) is 24.3 Å². The summed E-state index contributed by atoms with van der Waals surface area (Å²) in [5, 5.41) is 6.01. The molecule has 114 valence electrons.